The van der Waals surface area contributed by atoms with Crippen LogP contribution < -0.4 is 4.74 Å². The molecule has 10 aromatic carbocycles. The lowest BCUT2D eigenvalue weighted by Crippen LogP contribution is -2.16. The standard InChI is InChI=1S/C14H9F3O2.C14H9NO.C14H12O.2C13H10O/c15-14(16,17)19-12-7-5-10(6-8-12)13-4-2-1-3-11(13)9-18;15-9-11-5-7-12(8-6-11)14-4-2-1-3-13(14)10-16;1-11-7-8-13(10-15)14(9-11)12-5-3-2-4-6-12;14-10-11-5-4-8-13(9-11)12-6-2-1-3-7-12;14-10-11-6-8-13(9-7-11)12-4-2-1-3-5-12/h1-9H;1-8,10H;2-10H,1H3;2*1-10H. The van der Waals surface area contributed by atoms with E-state index in [4.69, 9.17) is 5.26 Å². The van der Waals surface area contributed by atoms with Gasteiger partial charge in [0.25, 0.3) is 0 Å². The molecule has 78 heavy (non-hydrogen) atoms. The van der Waals surface area contributed by atoms with Gasteiger partial charge in [-0.2, -0.15) is 5.26 Å². The summed E-state index contributed by atoms with van der Waals surface area (Å²) in [6.07, 6.45) is -0.534. The number of ether oxygens (including phenoxy) is 1. The van der Waals surface area contributed by atoms with Gasteiger partial charge in [-0.15, -0.1) is 13.2 Å². The SMILES string of the molecule is Cc1ccc(C=O)c(-c2ccccc2)c1.N#Cc1ccc(-c2ccccc2C=O)cc1.O=Cc1ccc(-c2ccccc2)cc1.O=Cc1cccc(-c2ccccc2)c1.O=Cc1ccccc1-c1ccc(OC(F)(F)F)cc1. The Bertz CT molecular complexity index is 3560. The average Bonchev–Trinajstić information content (AvgIpc) is 3.51. The van der Waals surface area contributed by atoms with Gasteiger partial charge < -0.3 is 4.74 Å². The Morgan fingerprint density at radius 2 is 0.756 bits per heavy atom. The van der Waals surface area contributed by atoms with E-state index in [1.165, 1.54) is 35.4 Å². The van der Waals surface area contributed by atoms with Crippen LogP contribution in [0.5, 0.6) is 5.75 Å². The summed E-state index contributed by atoms with van der Waals surface area (Å²) in [6.45, 7) is 2.03. The molecule has 0 aliphatic rings. The summed E-state index contributed by atoms with van der Waals surface area (Å²) < 4.78 is 39.8. The van der Waals surface area contributed by atoms with E-state index in [9.17, 15) is 37.1 Å². The Labute approximate surface area is 451 Å². The predicted octanol–water partition coefficient (Wildman–Crippen LogP) is 16.9. The predicted molar refractivity (Wildman–Crippen MR) is 302 cm³/mol. The van der Waals surface area contributed by atoms with Crippen LogP contribution >= 0.6 is 0 Å². The number of nitriles is 1. The third-order valence-corrected chi connectivity index (χ3v) is 11.6. The first-order valence-electron chi connectivity index (χ1n) is 24.2. The molecule has 0 aromatic heterocycles. The van der Waals surface area contributed by atoms with Crippen LogP contribution in [0.1, 0.15) is 62.9 Å². The number of aryl methyl sites for hydroxylation is 1. The van der Waals surface area contributed by atoms with Gasteiger partial charge in [-0.05, 0) is 92.9 Å². The fourth-order valence-electron chi connectivity index (χ4n) is 7.73. The van der Waals surface area contributed by atoms with Crippen molar-refractivity contribution in [2.24, 2.45) is 0 Å². The molecule has 0 bridgehead atoms. The van der Waals surface area contributed by atoms with E-state index in [2.05, 4.69) is 22.9 Å². The van der Waals surface area contributed by atoms with Gasteiger partial charge in [-0.3, -0.25) is 24.0 Å². The molecule has 0 saturated carbocycles. The number of carbonyl (C=O) groups excluding carboxylic acids is 5. The lowest BCUT2D eigenvalue weighted by Gasteiger charge is -2.10. The lowest BCUT2D eigenvalue weighted by atomic mass is 9.98. The van der Waals surface area contributed by atoms with E-state index in [1.807, 2.05) is 177 Å². The van der Waals surface area contributed by atoms with Gasteiger partial charge in [-0.1, -0.05) is 230 Å². The Morgan fingerprint density at radius 1 is 0.359 bits per heavy atom. The first-order chi connectivity index (χ1) is 37.9. The van der Waals surface area contributed by atoms with Crippen molar-refractivity contribution >= 4 is 31.4 Å². The van der Waals surface area contributed by atoms with Crippen LogP contribution in [0.15, 0.2) is 255 Å². The van der Waals surface area contributed by atoms with Crippen molar-refractivity contribution in [1.82, 2.24) is 0 Å². The summed E-state index contributed by atoms with van der Waals surface area (Å²) in [5.41, 5.74) is 14.9. The third-order valence-electron chi connectivity index (χ3n) is 11.6. The number of aldehydes is 5. The van der Waals surface area contributed by atoms with Crippen molar-refractivity contribution in [3.63, 3.8) is 0 Å². The highest BCUT2D eigenvalue weighted by molar-refractivity contribution is 5.89. The van der Waals surface area contributed by atoms with Crippen molar-refractivity contribution in [1.29, 1.82) is 5.26 Å². The van der Waals surface area contributed by atoms with E-state index in [1.54, 1.807) is 48.5 Å². The summed E-state index contributed by atoms with van der Waals surface area (Å²) in [5, 5.41) is 8.69. The molecule has 0 unspecified atom stereocenters. The molecule has 0 saturated heterocycles. The largest absolute Gasteiger partial charge is 0.573 e. The van der Waals surface area contributed by atoms with Crippen LogP contribution in [0.3, 0.4) is 0 Å². The maximum absolute atomic E-state index is 12.0. The van der Waals surface area contributed by atoms with Gasteiger partial charge in [0.2, 0.25) is 0 Å². The molecule has 0 heterocycles. The molecule has 0 aliphatic heterocycles. The zero-order chi connectivity index (χ0) is 55.5. The topological polar surface area (TPSA) is 118 Å². The number of alkyl halides is 3. The average molecular weight is 1030 g/mol. The molecule has 0 spiro atoms. The number of hydrogen-bond donors (Lipinski definition) is 0. The van der Waals surface area contributed by atoms with E-state index in [0.29, 0.717) is 45.2 Å². The second-order valence-electron chi connectivity index (χ2n) is 17.0. The second-order valence-corrected chi connectivity index (χ2v) is 17.0. The van der Waals surface area contributed by atoms with Crippen LogP contribution in [0.4, 0.5) is 13.2 Å². The van der Waals surface area contributed by atoms with Crippen molar-refractivity contribution in [3.8, 4) is 67.5 Å². The van der Waals surface area contributed by atoms with Gasteiger partial charge >= 0.3 is 6.36 Å². The zero-order valence-electron chi connectivity index (χ0n) is 42.2. The van der Waals surface area contributed by atoms with Gasteiger partial charge in [0.1, 0.15) is 18.3 Å². The number of halogens is 3. The molecule has 10 heteroatoms. The molecule has 0 fully saturated rings. The molecule has 10 rings (SSSR count). The fraction of sp³-hybridized carbons (Fsp3) is 0.0294. The lowest BCUT2D eigenvalue weighted by molar-refractivity contribution is -0.274. The molecule has 0 aliphatic carbocycles. The van der Waals surface area contributed by atoms with Crippen molar-refractivity contribution in [3.05, 3.63) is 294 Å². The number of hydrogen-bond acceptors (Lipinski definition) is 7. The number of benzene rings is 10. The van der Waals surface area contributed by atoms with Crippen LogP contribution in [0.25, 0.3) is 55.6 Å². The van der Waals surface area contributed by atoms with E-state index >= 15 is 0 Å². The molecule has 384 valence electrons. The molecule has 10 aromatic rings. The van der Waals surface area contributed by atoms with E-state index in [0.717, 1.165) is 69.7 Å². The van der Waals surface area contributed by atoms with Crippen LogP contribution in [0, 0.1) is 18.3 Å². The summed E-state index contributed by atoms with van der Waals surface area (Å²) in [6, 6.07) is 80.0. The Morgan fingerprint density at radius 3 is 1.23 bits per heavy atom. The normalized spacial score (nSPS) is 10.0. The van der Waals surface area contributed by atoms with Gasteiger partial charge in [0, 0.05) is 27.8 Å². The number of carbonyl (C=O) groups is 5. The highest BCUT2D eigenvalue weighted by Gasteiger charge is 2.31. The van der Waals surface area contributed by atoms with Crippen molar-refractivity contribution in [2.75, 3.05) is 0 Å². The summed E-state index contributed by atoms with van der Waals surface area (Å²) in [4.78, 5) is 53.7. The van der Waals surface area contributed by atoms with Crippen molar-refractivity contribution in [2.45, 2.75) is 13.3 Å². The molecule has 0 atom stereocenters. The van der Waals surface area contributed by atoms with Gasteiger partial charge in [-0.25, -0.2) is 0 Å². The molecular weight excluding hydrogens is 984 g/mol. The van der Waals surface area contributed by atoms with E-state index in [-0.39, 0.29) is 5.75 Å². The van der Waals surface area contributed by atoms with Gasteiger partial charge in [0.15, 0.2) is 18.9 Å². The molecular formula is C68H50F3NO6. The van der Waals surface area contributed by atoms with E-state index < -0.39 is 6.36 Å². The molecule has 0 radical (unpaired) electrons. The quantitative estimate of drug-likeness (QED) is 0.118. The van der Waals surface area contributed by atoms with Gasteiger partial charge in [0.05, 0.1) is 11.6 Å². The van der Waals surface area contributed by atoms with Crippen molar-refractivity contribution < 1.29 is 41.9 Å². The molecule has 0 amide bonds. The summed E-state index contributed by atoms with van der Waals surface area (Å²) in [5.74, 6) is -0.292. The third kappa shape index (κ3) is 17.4. The maximum Gasteiger partial charge on any atom is 0.573 e. The van der Waals surface area contributed by atoms with Crippen LogP contribution in [0.2, 0.25) is 0 Å². The monoisotopic (exact) mass is 1030 g/mol. The minimum Gasteiger partial charge on any atom is -0.406 e. The maximum atomic E-state index is 12.0. The number of rotatable bonds is 11. The first kappa shape index (κ1) is 56.9. The second kappa shape index (κ2) is 29.5. The Kier molecular flexibility index (Phi) is 21.5. The summed E-state index contributed by atoms with van der Waals surface area (Å²) >= 11 is 0. The van der Waals surface area contributed by atoms with Crippen LogP contribution in [-0.4, -0.2) is 37.8 Å². The first-order valence-corrected chi connectivity index (χ1v) is 24.2. The number of nitrogens with zero attached hydrogens (tertiary/aromatic N) is 1. The minimum atomic E-state index is -4.71. The smallest absolute Gasteiger partial charge is 0.406 e. The van der Waals surface area contributed by atoms with Crippen LogP contribution in [-0.2, 0) is 0 Å². The summed E-state index contributed by atoms with van der Waals surface area (Å²) in [7, 11) is 0. The molecule has 7 nitrogen and oxygen atoms in total. The fourth-order valence-corrected chi connectivity index (χ4v) is 7.73. The molecule has 0 N–H and O–H groups in total. The Hall–Kier alpha value is -10.4. The highest BCUT2D eigenvalue weighted by Crippen LogP contribution is 2.29. The zero-order valence-corrected chi connectivity index (χ0v) is 42.2. The Balaban J connectivity index is 0.000000158. The minimum absolute atomic E-state index is 0.292. The highest BCUT2D eigenvalue weighted by atomic mass is 19.4.